The van der Waals surface area contributed by atoms with Crippen LogP contribution in [0.5, 0.6) is 11.5 Å². The second kappa shape index (κ2) is 8.43. The van der Waals surface area contributed by atoms with Gasteiger partial charge in [-0.2, -0.15) is 0 Å². The van der Waals surface area contributed by atoms with Crippen molar-refractivity contribution in [3.05, 3.63) is 59.2 Å². The SMILES string of the molecule is Cl.O=C(Cc1ccc2c(c1)OCCO2)NCC1NCCc2ccccc21. The summed E-state index contributed by atoms with van der Waals surface area (Å²) in [5, 5.41) is 6.53. The fourth-order valence-corrected chi connectivity index (χ4v) is 3.44. The second-order valence-electron chi connectivity index (χ2n) is 6.41. The second-order valence-corrected chi connectivity index (χ2v) is 6.41. The van der Waals surface area contributed by atoms with Crippen molar-refractivity contribution in [3.8, 4) is 11.5 Å². The Kier molecular flexibility index (Phi) is 6.01. The molecule has 0 aromatic heterocycles. The minimum atomic E-state index is 0. The fraction of sp³-hybridized carbons (Fsp3) is 0.350. The van der Waals surface area contributed by atoms with Gasteiger partial charge < -0.3 is 20.1 Å². The largest absolute Gasteiger partial charge is 0.486 e. The van der Waals surface area contributed by atoms with Crippen LogP contribution in [0.1, 0.15) is 22.7 Å². The first-order chi connectivity index (χ1) is 12.3. The van der Waals surface area contributed by atoms with Gasteiger partial charge in [0.1, 0.15) is 13.2 Å². The summed E-state index contributed by atoms with van der Waals surface area (Å²) >= 11 is 0. The maximum atomic E-state index is 12.3. The molecule has 2 N–H and O–H groups in total. The Hall–Kier alpha value is -2.24. The summed E-state index contributed by atoms with van der Waals surface area (Å²) in [6.07, 6.45) is 1.38. The number of carbonyl (C=O) groups excluding carboxylic acids is 1. The maximum absolute atomic E-state index is 12.3. The van der Waals surface area contributed by atoms with Crippen molar-refractivity contribution in [1.29, 1.82) is 0 Å². The Balaban J connectivity index is 0.00000196. The molecule has 1 atom stereocenters. The molecule has 2 heterocycles. The molecule has 6 heteroatoms. The number of hydrogen-bond donors (Lipinski definition) is 2. The molecule has 2 aromatic rings. The third-order valence-corrected chi connectivity index (χ3v) is 4.69. The fourth-order valence-electron chi connectivity index (χ4n) is 3.44. The highest BCUT2D eigenvalue weighted by atomic mass is 35.5. The lowest BCUT2D eigenvalue weighted by atomic mass is 9.94. The third-order valence-electron chi connectivity index (χ3n) is 4.69. The lowest BCUT2D eigenvalue weighted by Gasteiger charge is -2.27. The van der Waals surface area contributed by atoms with Crippen molar-refractivity contribution in [2.45, 2.75) is 18.9 Å². The molecule has 5 nitrogen and oxygen atoms in total. The van der Waals surface area contributed by atoms with Crippen molar-refractivity contribution in [3.63, 3.8) is 0 Å². The molecule has 1 unspecified atom stereocenters. The third kappa shape index (κ3) is 4.11. The standard InChI is InChI=1S/C20H22N2O3.ClH/c23-20(12-14-5-6-18-19(11-14)25-10-9-24-18)22-13-17-16-4-2-1-3-15(16)7-8-21-17;/h1-6,11,17,21H,7-10,12-13H2,(H,22,23);1H. The number of hydrogen-bond acceptors (Lipinski definition) is 4. The Morgan fingerprint density at radius 1 is 1.12 bits per heavy atom. The van der Waals surface area contributed by atoms with Crippen molar-refractivity contribution < 1.29 is 14.3 Å². The van der Waals surface area contributed by atoms with Gasteiger partial charge in [-0.05, 0) is 41.8 Å². The molecular weight excluding hydrogens is 352 g/mol. The smallest absolute Gasteiger partial charge is 0.224 e. The molecule has 0 saturated carbocycles. The number of amides is 1. The normalized spacial score (nSPS) is 17.6. The summed E-state index contributed by atoms with van der Waals surface area (Å²) < 4.78 is 11.1. The summed E-state index contributed by atoms with van der Waals surface area (Å²) in [5.41, 5.74) is 3.58. The first-order valence-corrected chi connectivity index (χ1v) is 8.76. The zero-order valence-corrected chi connectivity index (χ0v) is 15.3. The monoisotopic (exact) mass is 374 g/mol. The van der Waals surface area contributed by atoms with E-state index in [1.54, 1.807) is 0 Å². The van der Waals surface area contributed by atoms with Gasteiger partial charge in [-0.15, -0.1) is 12.4 Å². The number of rotatable bonds is 4. The van der Waals surface area contributed by atoms with E-state index in [1.807, 2.05) is 18.2 Å². The van der Waals surface area contributed by atoms with Gasteiger partial charge in [0, 0.05) is 12.6 Å². The number of fused-ring (bicyclic) bond motifs is 2. The first kappa shape index (κ1) is 18.5. The zero-order valence-electron chi connectivity index (χ0n) is 14.5. The van der Waals surface area contributed by atoms with Crippen LogP contribution in [0.25, 0.3) is 0 Å². The van der Waals surface area contributed by atoms with E-state index in [1.165, 1.54) is 11.1 Å². The van der Waals surface area contributed by atoms with Crippen LogP contribution in [0.3, 0.4) is 0 Å². The Labute approximate surface area is 159 Å². The summed E-state index contributed by atoms with van der Waals surface area (Å²) in [5.74, 6) is 1.49. The Morgan fingerprint density at radius 3 is 2.81 bits per heavy atom. The minimum Gasteiger partial charge on any atom is -0.486 e. The van der Waals surface area contributed by atoms with Crippen LogP contribution < -0.4 is 20.1 Å². The molecule has 1 amide bonds. The molecule has 0 spiro atoms. The Bertz CT molecular complexity index is 781. The van der Waals surface area contributed by atoms with Crippen molar-refractivity contribution in [1.82, 2.24) is 10.6 Å². The number of nitrogens with one attached hydrogen (secondary N) is 2. The highest BCUT2D eigenvalue weighted by molar-refractivity contribution is 5.85. The highest BCUT2D eigenvalue weighted by Gasteiger charge is 2.20. The lowest BCUT2D eigenvalue weighted by molar-refractivity contribution is -0.120. The number of ether oxygens (including phenoxy) is 2. The van der Waals surface area contributed by atoms with E-state index in [4.69, 9.17) is 9.47 Å². The van der Waals surface area contributed by atoms with Crippen LogP contribution in [-0.4, -0.2) is 32.2 Å². The Morgan fingerprint density at radius 2 is 1.92 bits per heavy atom. The molecule has 26 heavy (non-hydrogen) atoms. The van der Waals surface area contributed by atoms with Gasteiger partial charge in [0.25, 0.3) is 0 Å². The van der Waals surface area contributed by atoms with Gasteiger partial charge in [0.05, 0.1) is 6.42 Å². The molecular formula is C20H23ClN2O3. The predicted molar refractivity (Wildman–Crippen MR) is 102 cm³/mol. The van der Waals surface area contributed by atoms with Gasteiger partial charge in [0.15, 0.2) is 11.5 Å². The van der Waals surface area contributed by atoms with E-state index in [2.05, 4.69) is 34.9 Å². The average molecular weight is 375 g/mol. The molecule has 4 rings (SSSR count). The van der Waals surface area contributed by atoms with Crippen molar-refractivity contribution >= 4 is 18.3 Å². The van der Waals surface area contributed by atoms with Gasteiger partial charge in [-0.25, -0.2) is 0 Å². The van der Waals surface area contributed by atoms with E-state index in [0.717, 1.165) is 30.0 Å². The number of benzene rings is 2. The van der Waals surface area contributed by atoms with E-state index in [-0.39, 0.29) is 24.4 Å². The van der Waals surface area contributed by atoms with E-state index < -0.39 is 0 Å². The van der Waals surface area contributed by atoms with Gasteiger partial charge in [-0.1, -0.05) is 30.3 Å². The molecule has 0 fully saturated rings. The average Bonchev–Trinajstić information content (AvgIpc) is 2.66. The zero-order chi connectivity index (χ0) is 17.1. The summed E-state index contributed by atoms with van der Waals surface area (Å²) in [6.45, 7) is 2.66. The van der Waals surface area contributed by atoms with Crippen LogP contribution in [0, 0.1) is 0 Å². The quantitative estimate of drug-likeness (QED) is 0.863. The highest BCUT2D eigenvalue weighted by Crippen LogP contribution is 2.30. The summed E-state index contributed by atoms with van der Waals surface area (Å²) in [7, 11) is 0. The molecule has 0 bridgehead atoms. The summed E-state index contributed by atoms with van der Waals surface area (Å²) in [4.78, 5) is 12.3. The number of halogens is 1. The molecule has 0 aliphatic carbocycles. The van der Waals surface area contributed by atoms with Crippen LogP contribution in [0.15, 0.2) is 42.5 Å². The minimum absolute atomic E-state index is 0. The van der Waals surface area contributed by atoms with Crippen LogP contribution in [0.2, 0.25) is 0 Å². The van der Waals surface area contributed by atoms with Gasteiger partial charge in [-0.3, -0.25) is 4.79 Å². The summed E-state index contributed by atoms with van der Waals surface area (Å²) in [6, 6.07) is 14.3. The van der Waals surface area contributed by atoms with E-state index in [0.29, 0.717) is 26.2 Å². The van der Waals surface area contributed by atoms with Gasteiger partial charge in [0.2, 0.25) is 5.91 Å². The molecule has 2 aliphatic heterocycles. The van der Waals surface area contributed by atoms with E-state index in [9.17, 15) is 4.79 Å². The van der Waals surface area contributed by atoms with Gasteiger partial charge >= 0.3 is 0 Å². The molecule has 2 aromatic carbocycles. The van der Waals surface area contributed by atoms with E-state index >= 15 is 0 Å². The first-order valence-electron chi connectivity index (χ1n) is 8.76. The topological polar surface area (TPSA) is 59.6 Å². The predicted octanol–water partition coefficient (Wildman–Crippen LogP) is 2.43. The van der Waals surface area contributed by atoms with Crippen LogP contribution >= 0.6 is 12.4 Å². The lowest BCUT2D eigenvalue weighted by Crippen LogP contribution is -2.39. The van der Waals surface area contributed by atoms with Crippen LogP contribution in [0.4, 0.5) is 0 Å². The molecule has 138 valence electrons. The maximum Gasteiger partial charge on any atom is 0.224 e. The van der Waals surface area contributed by atoms with Crippen molar-refractivity contribution in [2.75, 3.05) is 26.3 Å². The molecule has 0 radical (unpaired) electrons. The number of carbonyl (C=O) groups is 1. The van der Waals surface area contributed by atoms with Crippen molar-refractivity contribution in [2.24, 2.45) is 0 Å². The molecule has 2 aliphatic rings. The van der Waals surface area contributed by atoms with Crippen LogP contribution in [-0.2, 0) is 17.6 Å². The molecule has 0 saturated heterocycles.